The van der Waals surface area contributed by atoms with Crippen LogP contribution in [0.4, 0.5) is 0 Å². The highest BCUT2D eigenvalue weighted by atomic mass is 32.1. The topological polar surface area (TPSA) is 119 Å². The maximum Gasteiger partial charge on any atom is 0.338 e. The van der Waals surface area contributed by atoms with Gasteiger partial charge in [0.2, 0.25) is 0 Å². The molecule has 10 heteroatoms. The van der Waals surface area contributed by atoms with E-state index >= 15 is 0 Å². The minimum absolute atomic E-state index is 0.0107. The molecule has 1 aromatic heterocycles. The third-order valence-electron chi connectivity index (χ3n) is 6.00. The van der Waals surface area contributed by atoms with E-state index in [1.54, 1.807) is 82.7 Å². The lowest BCUT2D eigenvalue weighted by atomic mass is 9.83. The van der Waals surface area contributed by atoms with Gasteiger partial charge in [-0.15, -0.1) is 11.3 Å². The van der Waals surface area contributed by atoms with Crippen LogP contribution in [0.1, 0.15) is 30.9 Å². The zero-order valence-corrected chi connectivity index (χ0v) is 22.3. The first-order valence-electron chi connectivity index (χ1n) is 11.9. The molecule has 0 amide bonds. The van der Waals surface area contributed by atoms with E-state index in [2.05, 4.69) is 0 Å². The summed E-state index contributed by atoms with van der Waals surface area (Å²) >= 11 is 1.10. The van der Waals surface area contributed by atoms with Gasteiger partial charge in [0.1, 0.15) is 22.0 Å². The second-order valence-corrected chi connectivity index (χ2v) is 9.22. The fraction of sp³-hybridized carbons (Fsp3) is 0.250. The molecule has 0 radical (unpaired) electrons. The number of hydrogen-bond donors (Lipinski definition) is 1. The van der Waals surface area contributed by atoms with E-state index in [0.29, 0.717) is 26.3 Å². The highest BCUT2D eigenvalue weighted by Crippen LogP contribution is 2.38. The van der Waals surface area contributed by atoms with Gasteiger partial charge in [-0.25, -0.2) is 9.59 Å². The summed E-state index contributed by atoms with van der Waals surface area (Å²) in [5, 5.41) is 0. The Bertz CT molecular complexity index is 1570. The van der Waals surface area contributed by atoms with Crippen LogP contribution in [0.5, 0.6) is 11.5 Å². The molecule has 3 aromatic rings. The first kappa shape index (κ1) is 26.7. The summed E-state index contributed by atoms with van der Waals surface area (Å²) in [6.45, 7) is 3.54. The molecule has 1 aliphatic rings. The predicted molar refractivity (Wildman–Crippen MR) is 144 cm³/mol. The number of ether oxygens (including phenoxy) is 4. The van der Waals surface area contributed by atoms with Gasteiger partial charge in [0, 0.05) is 0 Å². The van der Waals surface area contributed by atoms with E-state index in [0.717, 1.165) is 16.9 Å². The Morgan fingerprint density at radius 1 is 0.895 bits per heavy atom. The van der Waals surface area contributed by atoms with Gasteiger partial charge in [-0.05, 0) is 55.3 Å². The highest BCUT2D eigenvalue weighted by Gasteiger charge is 2.39. The van der Waals surface area contributed by atoms with Crippen molar-refractivity contribution in [3.8, 4) is 11.5 Å². The number of thiazole rings is 1. The van der Waals surface area contributed by atoms with Crippen molar-refractivity contribution in [2.24, 2.45) is 5.73 Å². The van der Waals surface area contributed by atoms with Crippen molar-refractivity contribution in [1.29, 1.82) is 0 Å². The predicted octanol–water partition coefficient (Wildman–Crippen LogP) is 1.96. The largest absolute Gasteiger partial charge is 0.497 e. The van der Waals surface area contributed by atoms with Crippen molar-refractivity contribution < 1.29 is 28.5 Å². The molecule has 0 bridgehead atoms. The van der Waals surface area contributed by atoms with Crippen molar-refractivity contribution in [1.82, 2.24) is 4.57 Å². The van der Waals surface area contributed by atoms with Crippen molar-refractivity contribution in [2.75, 3.05) is 27.4 Å². The molecule has 1 unspecified atom stereocenters. The first-order chi connectivity index (χ1) is 18.3. The van der Waals surface area contributed by atoms with Gasteiger partial charge in [-0.3, -0.25) is 9.36 Å². The van der Waals surface area contributed by atoms with E-state index in [-0.39, 0.29) is 30.2 Å². The van der Waals surface area contributed by atoms with E-state index in [9.17, 15) is 14.4 Å². The second-order valence-electron chi connectivity index (χ2n) is 8.19. The third kappa shape index (κ3) is 4.95. The number of esters is 2. The minimum atomic E-state index is -0.925. The Labute approximate surface area is 223 Å². The number of carbonyl (C=O) groups excluding carboxylic acids is 2. The number of benzene rings is 2. The molecule has 0 saturated heterocycles. The van der Waals surface area contributed by atoms with Crippen molar-refractivity contribution in [3.63, 3.8) is 0 Å². The smallest absolute Gasteiger partial charge is 0.338 e. The van der Waals surface area contributed by atoms with Gasteiger partial charge in [0.05, 0.1) is 49.0 Å². The number of rotatable bonds is 8. The zero-order chi connectivity index (χ0) is 27.4. The normalized spacial score (nSPS) is 15.2. The van der Waals surface area contributed by atoms with Crippen molar-refractivity contribution >= 4 is 40.7 Å². The Balaban J connectivity index is 2.06. The minimum Gasteiger partial charge on any atom is -0.497 e. The lowest BCUT2D eigenvalue weighted by Crippen LogP contribution is -2.42. The van der Waals surface area contributed by atoms with Gasteiger partial charge in [0.15, 0.2) is 0 Å². The second kappa shape index (κ2) is 11.4. The van der Waals surface area contributed by atoms with Crippen LogP contribution in [0.2, 0.25) is 0 Å². The van der Waals surface area contributed by atoms with E-state index in [1.807, 2.05) is 0 Å². The number of carbonyl (C=O) groups is 2. The van der Waals surface area contributed by atoms with Gasteiger partial charge in [-0.2, -0.15) is 0 Å². The summed E-state index contributed by atoms with van der Waals surface area (Å²) in [6.07, 6.45) is 1.69. The van der Waals surface area contributed by atoms with Crippen LogP contribution in [-0.4, -0.2) is 43.9 Å². The average Bonchev–Trinajstić information content (AvgIpc) is 3.24. The van der Waals surface area contributed by atoms with Crippen molar-refractivity contribution in [2.45, 2.75) is 19.8 Å². The molecule has 2 N–H and O–H groups in total. The molecule has 9 nitrogen and oxygen atoms in total. The van der Waals surface area contributed by atoms with E-state index < -0.39 is 23.4 Å². The van der Waals surface area contributed by atoms with E-state index in [4.69, 9.17) is 24.7 Å². The van der Waals surface area contributed by atoms with Crippen LogP contribution in [0.3, 0.4) is 0 Å². The van der Waals surface area contributed by atoms with Gasteiger partial charge in [0.25, 0.3) is 5.56 Å². The summed E-state index contributed by atoms with van der Waals surface area (Å²) in [6, 6.07) is 14.1. The van der Waals surface area contributed by atoms with Gasteiger partial charge < -0.3 is 24.7 Å². The molecule has 0 fully saturated rings. The standard InChI is InChI=1S/C28H28N2O7S/c1-5-36-27(32)22-21(17-9-13-19(35-4)14-10-17)23(28(33)37-6-2)26-30(24(22)29)25(31)20(38-26)15-16-7-11-18(34-3)12-8-16/h7-15,21H,5-6,29H2,1-4H3/b20-15-. The zero-order valence-electron chi connectivity index (χ0n) is 21.5. The molecule has 1 atom stereocenters. The molecular formula is C28H28N2O7S. The molecule has 0 saturated carbocycles. The fourth-order valence-electron chi connectivity index (χ4n) is 4.24. The maximum atomic E-state index is 13.6. The summed E-state index contributed by atoms with van der Waals surface area (Å²) in [5.74, 6) is -1.13. The molecule has 4 rings (SSSR count). The molecule has 38 heavy (non-hydrogen) atoms. The highest BCUT2D eigenvalue weighted by molar-refractivity contribution is 7.07. The Kier molecular flexibility index (Phi) is 8.02. The Morgan fingerprint density at radius 2 is 1.42 bits per heavy atom. The lowest BCUT2D eigenvalue weighted by molar-refractivity contribution is -0.138. The third-order valence-corrected chi connectivity index (χ3v) is 7.11. The summed E-state index contributed by atoms with van der Waals surface area (Å²) in [7, 11) is 3.11. The fourth-order valence-corrected chi connectivity index (χ4v) is 5.41. The molecule has 2 heterocycles. The number of methoxy groups -OCH3 is 2. The van der Waals surface area contributed by atoms with Gasteiger partial charge in [-0.1, -0.05) is 24.3 Å². The van der Waals surface area contributed by atoms with Crippen molar-refractivity contribution in [3.05, 3.63) is 84.8 Å². The van der Waals surface area contributed by atoms with Crippen LogP contribution in [0.25, 0.3) is 17.5 Å². The Hall–Kier alpha value is -4.31. The number of fused-ring (bicyclic) bond motifs is 1. The molecule has 198 valence electrons. The number of nitrogens with two attached hydrogens (primary N) is 1. The molecule has 0 aliphatic carbocycles. The molecule has 0 spiro atoms. The average molecular weight is 537 g/mol. The summed E-state index contributed by atoms with van der Waals surface area (Å²) in [4.78, 5) is 40.3. The first-order valence-corrected chi connectivity index (χ1v) is 12.8. The summed E-state index contributed by atoms with van der Waals surface area (Å²) < 4.78 is 23.0. The van der Waals surface area contributed by atoms with Gasteiger partial charge >= 0.3 is 11.9 Å². The summed E-state index contributed by atoms with van der Waals surface area (Å²) in [5.41, 5.74) is 7.51. The Morgan fingerprint density at radius 3 is 1.95 bits per heavy atom. The van der Waals surface area contributed by atoms with Crippen LogP contribution in [0.15, 0.2) is 58.9 Å². The van der Waals surface area contributed by atoms with Crippen LogP contribution < -0.4 is 30.0 Å². The lowest BCUT2D eigenvalue weighted by Gasteiger charge is -2.27. The molecular weight excluding hydrogens is 508 g/mol. The number of aromatic nitrogens is 1. The molecule has 2 aromatic carbocycles. The van der Waals surface area contributed by atoms with Crippen LogP contribution >= 0.6 is 11.3 Å². The monoisotopic (exact) mass is 536 g/mol. The van der Waals surface area contributed by atoms with E-state index in [1.165, 1.54) is 4.57 Å². The SMILES string of the molecule is CCOC(=O)C1=C(N)n2c(s/c(=C\c3ccc(OC)cc3)c2=O)=C(C(=O)OCC)C1c1ccc(OC)cc1. The van der Waals surface area contributed by atoms with Crippen LogP contribution in [-0.2, 0) is 19.1 Å². The number of nitrogens with zero attached hydrogens (tertiary/aromatic N) is 1. The quantitative estimate of drug-likeness (QED) is 0.434. The van der Waals surface area contributed by atoms with Crippen LogP contribution in [0, 0.1) is 0 Å². The number of hydrogen-bond acceptors (Lipinski definition) is 9. The maximum absolute atomic E-state index is 13.6. The molecule has 1 aliphatic heterocycles.